The summed E-state index contributed by atoms with van der Waals surface area (Å²) in [6, 6.07) is 0. The third kappa shape index (κ3) is 3.56. The van der Waals surface area contributed by atoms with Crippen molar-refractivity contribution in [2.75, 3.05) is 0 Å². The molecular formula is C11H22O3. The average molecular weight is 202 g/mol. The summed E-state index contributed by atoms with van der Waals surface area (Å²) in [7, 11) is 0. The fraction of sp³-hybridized carbons (Fsp3) is 1.00. The molecule has 0 radical (unpaired) electrons. The van der Waals surface area contributed by atoms with Crippen LogP contribution in [0.2, 0.25) is 0 Å². The largest absolute Gasteiger partial charge is 0.393 e. The fourth-order valence-corrected chi connectivity index (χ4v) is 1.99. The van der Waals surface area contributed by atoms with E-state index in [4.69, 9.17) is 9.47 Å². The molecule has 1 aliphatic rings. The van der Waals surface area contributed by atoms with E-state index in [1.54, 1.807) is 6.92 Å². The van der Waals surface area contributed by atoms with Crippen LogP contribution < -0.4 is 0 Å². The first kappa shape index (κ1) is 12.0. The van der Waals surface area contributed by atoms with Crippen molar-refractivity contribution in [1.82, 2.24) is 0 Å². The molecule has 0 aromatic rings. The van der Waals surface area contributed by atoms with E-state index in [0.29, 0.717) is 6.42 Å². The second-order valence-electron chi connectivity index (χ2n) is 4.61. The second kappa shape index (κ2) is 4.60. The molecule has 1 rings (SSSR count). The standard InChI is InChI=1S/C11H22O3/c1-5-9-7-10(6-8(2)12)14-11(3,4)13-9/h8-10,12H,5-7H2,1-4H3/t8-,9-,10-/m1/s1. The molecule has 0 saturated carbocycles. The van der Waals surface area contributed by atoms with Gasteiger partial charge in [0.1, 0.15) is 0 Å². The molecule has 0 bridgehead atoms. The summed E-state index contributed by atoms with van der Waals surface area (Å²) in [5.41, 5.74) is 0. The highest BCUT2D eigenvalue weighted by Gasteiger charge is 2.34. The molecule has 1 aliphatic heterocycles. The summed E-state index contributed by atoms with van der Waals surface area (Å²) < 4.78 is 11.5. The van der Waals surface area contributed by atoms with Crippen molar-refractivity contribution < 1.29 is 14.6 Å². The van der Waals surface area contributed by atoms with Gasteiger partial charge in [0.15, 0.2) is 5.79 Å². The van der Waals surface area contributed by atoms with Crippen molar-refractivity contribution in [3.8, 4) is 0 Å². The van der Waals surface area contributed by atoms with Crippen LogP contribution >= 0.6 is 0 Å². The van der Waals surface area contributed by atoms with Gasteiger partial charge in [-0.15, -0.1) is 0 Å². The first-order valence-electron chi connectivity index (χ1n) is 5.46. The SMILES string of the molecule is CC[C@@H]1C[C@@H](C[C@@H](C)O)OC(C)(C)O1. The minimum atomic E-state index is -0.502. The summed E-state index contributed by atoms with van der Waals surface area (Å²) >= 11 is 0. The zero-order valence-electron chi connectivity index (χ0n) is 9.62. The number of hydrogen-bond acceptors (Lipinski definition) is 3. The normalized spacial score (nSPS) is 34.1. The van der Waals surface area contributed by atoms with Gasteiger partial charge in [-0.25, -0.2) is 0 Å². The molecular weight excluding hydrogens is 180 g/mol. The molecule has 1 heterocycles. The number of hydrogen-bond donors (Lipinski definition) is 1. The van der Waals surface area contributed by atoms with Crippen LogP contribution in [0, 0.1) is 0 Å². The van der Waals surface area contributed by atoms with Gasteiger partial charge >= 0.3 is 0 Å². The van der Waals surface area contributed by atoms with E-state index in [-0.39, 0.29) is 18.3 Å². The molecule has 0 unspecified atom stereocenters. The molecule has 1 N–H and O–H groups in total. The van der Waals surface area contributed by atoms with Crippen molar-refractivity contribution in [3.05, 3.63) is 0 Å². The van der Waals surface area contributed by atoms with Gasteiger partial charge in [-0.2, -0.15) is 0 Å². The lowest BCUT2D eigenvalue weighted by atomic mass is 10.0. The molecule has 0 aromatic heterocycles. The zero-order chi connectivity index (χ0) is 10.8. The van der Waals surface area contributed by atoms with E-state index in [1.165, 1.54) is 0 Å². The monoisotopic (exact) mass is 202 g/mol. The van der Waals surface area contributed by atoms with Crippen molar-refractivity contribution >= 4 is 0 Å². The van der Waals surface area contributed by atoms with Gasteiger partial charge in [-0.05, 0) is 33.6 Å². The average Bonchev–Trinajstić information content (AvgIpc) is 1.99. The van der Waals surface area contributed by atoms with Gasteiger partial charge in [-0.1, -0.05) is 6.92 Å². The van der Waals surface area contributed by atoms with Gasteiger partial charge in [0.05, 0.1) is 18.3 Å². The highest BCUT2D eigenvalue weighted by molar-refractivity contribution is 4.76. The number of aliphatic hydroxyl groups is 1. The molecule has 3 atom stereocenters. The smallest absolute Gasteiger partial charge is 0.163 e. The molecule has 0 amide bonds. The maximum Gasteiger partial charge on any atom is 0.163 e. The summed E-state index contributed by atoms with van der Waals surface area (Å²) in [5, 5.41) is 9.31. The van der Waals surface area contributed by atoms with Crippen molar-refractivity contribution in [2.24, 2.45) is 0 Å². The lowest BCUT2D eigenvalue weighted by Gasteiger charge is -2.41. The predicted octanol–water partition coefficient (Wildman–Crippen LogP) is 2.08. The van der Waals surface area contributed by atoms with Crippen molar-refractivity contribution in [1.29, 1.82) is 0 Å². The van der Waals surface area contributed by atoms with E-state index < -0.39 is 5.79 Å². The maximum atomic E-state index is 9.31. The van der Waals surface area contributed by atoms with Crippen LogP contribution in [0.25, 0.3) is 0 Å². The van der Waals surface area contributed by atoms with Crippen LogP contribution in [0.4, 0.5) is 0 Å². The summed E-state index contributed by atoms with van der Waals surface area (Å²) in [5.74, 6) is -0.502. The third-order valence-corrected chi connectivity index (χ3v) is 2.49. The van der Waals surface area contributed by atoms with Gasteiger partial charge in [-0.3, -0.25) is 0 Å². The Morgan fingerprint density at radius 3 is 2.43 bits per heavy atom. The van der Waals surface area contributed by atoms with Crippen LogP contribution in [0.5, 0.6) is 0 Å². The van der Waals surface area contributed by atoms with Crippen LogP contribution in [-0.2, 0) is 9.47 Å². The van der Waals surface area contributed by atoms with Gasteiger partial charge in [0.25, 0.3) is 0 Å². The Balaban J connectivity index is 2.52. The van der Waals surface area contributed by atoms with Crippen molar-refractivity contribution in [2.45, 2.75) is 71.1 Å². The van der Waals surface area contributed by atoms with Crippen LogP contribution in [0.1, 0.15) is 47.0 Å². The van der Waals surface area contributed by atoms with E-state index in [1.807, 2.05) is 13.8 Å². The Labute approximate surface area is 86.4 Å². The first-order valence-corrected chi connectivity index (χ1v) is 5.46. The van der Waals surface area contributed by atoms with Gasteiger partial charge in [0, 0.05) is 6.42 Å². The Hall–Kier alpha value is -0.120. The number of rotatable bonds is 3. The van der Waals surface area contributed by atoms with Gasteiger partial charge < -0.3 is 14.6 Å². The third-order valence-electron chi connectivity index (χ3n) is 2.49. The van der Waals surface area contributed by atoms with E-state index in [0.717, 1.165) is 12.8 Å². The van der Waals surface area contributed by atoms with Crippen LogP contribution in [0.3, 0.4) is 0 Å². The van der Waals surface area contributed by atoms with Gasteiger partial charge in [0.2, 0.25) is 0 Å². The molecule has 14 heavy (non-hydrogen) atoms. The molecule has 3 nitrogen and oxygen atoms in total. The number of ether oxygens (including phenoxy) is 2. The fourth-order valence-electron chi connectivity index (χ4n) is 1.99. The maximum absolute atomic E-state index is 9.31. The van der Waals surface area contributed by atoms with Crippen molar-refractivity contribution in [3.63, 3.8) is 0 Å². The molecule has 84 valence electrons. The number of aliphatic hydroxyl groups excluding tert-OH is 1. The lowest BCUT2D eigenvalue weighted by molar-refractivity contribution is -0.302. The summed E-state index contributed by atoms with van der Waals surface area (Å²) in [6.45, 7) is 7.78. The van der Waals surface area contributed by atoms with Crippen LogP contribution in [0.15, 0.2) is 0 Å². The highest BCUT2D eigenvalue weighted by atomic mass is 16.7. The van der Waals surface area contributed by atoms with E-state index in [9.17, 15) is 5.11 Å². The summed E-state index contributed by atoms with van der Waals surface area (Å²) in [4.78, 5) is 0. The molecule has 0 aliphatic carbocycles. The van der Waals surface area contributed by atoms with Crippen LogP contribution in [-0.4, -0.2) is 29.2 Å². The van der Waals surface area contributed by atoms with E-state index >= 15 is 0 Å². The Bertz CT molecular complexity index is 177. The molecule has 0 spiro atoms. The first-order chi connectivity index (χ1) is 6.43. The molecule has 1 saturated heterocycles. The zero-order valence-corrected chi connectivity index (χ0v) is 9.62. The second-order valence-corrected chi connectivity index (χ2v) is 4.61. The Morgan fingerprint density at radius 2 is 1.93 bits per heavy atom. The Morgan fingerprint density at radius 1 is 1.36 bits per heavy atom. The Kier molecular flexibility index (Phi) is 3.93. The molecule has 0 aromatic carbocycles. The lowest BCUT2D eigenvalue weighted by Crippen LogP contribution is -2.45. The topological polar surface area (TPSA) is 38.7 Å². The minimum absolute atomic E-state index is 0.128. The summed E-state index contributed by atoms with van der Waals surface area (Å²) in [6.07, 6.45) is 2.69. The quantitative estimate of drug-likeness (QED) is 0.761. The van der Waals surface area contributed by atoms with E-state index in [2.05, 4.69) is 6.92 Å². The highest BCUT2D eigenvalue weighted by Crippen LogP contribution is 2.29. The molecule has 1 fully saturated rings. The molecule has 3 heteroatoms. The minimum Gasteiger partial charge on any atom is -0.393 e. The predicted molar refractivity (Wildman–Crippen MR) is 55.0 cm³/mol.